The molecule has 2 N–H and O–H groups in total. The average molecular weight is 186 g/mol. The molecule has 4 heteroatoms. The predicted molar refractivity (Wildman–Crippen MR) is 50.2 cm³/mol. The van der Waals surface area contributed by atoms with Gasteiger partial charge >= 0.3 is 0 Å². The van der Waals surface area contributed by atoms with Crippen molar-refractivity contribution in [3.05, 3.63) is 16.8 Å². The van der Waals surface area contributed by atoms with Crippen LogP contribution in [0.15, 0.2) is 6.07 Å². The van der Waals surface area contributed by atoms with Crippen LogP contribution >= 0.6 is 11.6 Å². The minimum absolute atomic E-state index is 0.0380. The Morgan fingerprint density at radius 3 is 2.33 bits per heavy atom. The normalized spacial score (nSPS) is 11.7. The fourth-order valence-corrected chi connectivity index (χ4v) is 1.13. The van der Waals surface area contributed by atoms with Crippen molar-refractivity contribution < 1.29 is 0 Å². The van der Waals surface area contributed by atoms with Gasteiger partial charge in [-0.3, -0.25) is 0 Å². The van der Waals surface area contributed by atoms with Gasteiger partial charge in [0, 0.05) is 5.56 Å². The Labute approximate surface area is 76.9 Å². The number of anilines is 1. The van der Waals surface area contributed by atoms with Crippen LogP contribution < -0.4 is 5.73 Å². The quantitative estimate of drug-likeness (QED) is 0.673. The van der Waals surface area contributed by atoms with Crippen LogP contribution in [0.25, 0.3) is 0 Å². The molecule has 1 aromatic rings. The van der Waals surface area contributed by atoms with Gasteiger partial charge in [-0.1, -0.05) is 32.4 Å². The number of hydrogen-bond acceptors (Lipinski definition) is 3. The zero-order valence-corrected chi connectivity index (χ0v) is 8.18. The minimum atomic E-state index is -0.0380. The first-order valence-corrected chi connectivity index (χ1v) is 4.08. The molecule has 0 fully saturated rings. The van der Waals surface area contributed by atoms with Crippen LogP contribution in [0.5, 0.6) is 0 Å². The molecular formula is C8H12ClN3. The third kappa shape index (κ3) is 1.85. The van der Waals surface area contributed by atoms with Gasteiger partial charge in [-0.2, -0.15) is 0 Å². The summed E-state index contributed by atoms with van der Waals surface area (Å²) >= 11 is 5.69. The van der Waals surface area contributed by atoms with E-state index in [1.165, 1.54) is 0 Å². The number of nitrogen functional groups attached to an aromatic ring is 1. The van der Waals surface area contributed by atoms with Crippen LogP contribution in [0.1, 0.15) is 26.3 Å². The molecule has 1 aromatic heterocycles. The summed E-state index contributed by atoms with van der Waals surface area (Å²) in [4.78, 5) is 0. The lowest BCUT2D eigenvalue weighted by molar-refractivity contribution is 0.588. The second-order valence-corrected chi connectivity index (χ2v) is 4.10. The van der Waals surface area contributed by atoms with E-state index in [0.29, 0.717) is 11.0 Å². The van der Waals surface area contributed by atoms with E-state index in [1.54, 1.807) is 6.07 Å². The highest BCUT2D eigenvalue weighted by atomic mass is 35.5. The van der Waals surface area contributed by atoms with Gasteiger partial charge in [-0.25, -0.2) is 0 Å². The Morgan fingerprint density at radius 1 is 1.33 bits per heavy atom. The van der Waals surface area contributed by atoms with Crippen LogP contribution in [0.2, 0.25) is 5.15 Å². The summed E-state index contributed by atoms with van der Waals surface area (Å²) < 4.78 is 0. The van der Waals surface area contributed by atoms with E-state index in [4.69, 9.17) is 17.3 Å². The van der Waals surface area contributed by atoms with Crippen molar-refractivity contribution in [1.29, 1.82) is 0 Å². The van der Waals surface area contributed by atoms with E-state index < -0.39 is 0 Å². The average Bonchev–Trinajstić information content (AvgIpc) is 1.92. The topological polar surface area (TPSA) is 51.8 Å². The number of nitrogens with two attached hydrogens (primary N) is 1. The maximum Gasteiger partial charge on any atom is 0.152 e. The zero-order chi connectivity index (χ0) is 9.35. The van der Waals surface area contributed by atoms with E-state index in [2.05, 4.69) is 31.0 Å². The Bertz CT molecular complexity index is 291. The highest BCUT2D eigenvalue weighted by Gasteiger charge is 2.18. The van der Waals surface area contributed by atoms with Crippen molar-refractivity contribution in [3.8, 4) is 0 Å². The first-order valence-electron chi connectivity index (χ1n) is 3.70. The van der Waals surface area contributed by atoms with Crippen molar-refractivity contribution in [3.63, 3.8) is 0 Å². The SMILES string of the molecule is CC(C)(C)c1cc(Cl)nnc1N. The van der Waals surface area contributed by atoms with Crippen molar-refractivity contribution in [1.82, 2.24) is 10.2 Å². The lowest BCUT2D eigenvalue weighted by atomic mass is 9.88. The molecule has 0 aliphatic rings. The van der Waals surface area contributed by atoms with Gasteiger partial charge in [0.15, 0.2) is 5.15 Å². The number of halogens is 1. The molecule has 1 heterocycles. The lowest BCUT2D eigenvalue weighted by Gasteiger charge is -2.19. The standard InChI is InChI=1S/C8H12ClN3/c1-8(2,3)5-4-6(9)11-12-7(5)10/h4H,1-3H3,(H2,10,12). The van der Waals surface area contributed by atoms with E-state index in [1.807, 2.05) is 0 Å². The van der Waals surface area contributed by atoms with Crippen LogP contribution in [0.3, 0.4) is 0 Å². The molecule has 1 rings (SSSR count). The summed E-state index contributed by atoms with van der Waals surface area (Å²) in [7, 11) is 0. The molecule has 0 aromatic carbocycles. The molecule has 0 radical (unpaired) electrons. The maximum atomic E-state index is 5.69. The monoisotopic (exact) mass is 185 g/mol. The Kier molecular flexibility index (Phi) is 2.24. The third-order valence-electron chi connectivity index (χ3n) is 1.60. The van der Waals surface area contributed by atoms with Crippen molar-refractivity contribution in [2.45, 2.75) is 26.2 Å². The van der Waals surface area contributed by atoms with Gasteiger partial charge < -0.3 is 5.73 Å². The fraction of sp³-hybridized carbons (Fsp3) is 0.500. The molecule has 0 bridgehead atoms. The molecule has 0 atom stereocenters. The van der Waals surface area contributed by atoms with Crippen LogP contribution in [-0.2, 0) is 5.41 Å². The third-order valence-corrected chi connectivity index (χ3v) is 1.79. The van der Waals surface area contributed by atoms with E-state index in [-0.39, 0.29) is 5.41 Å². The lowest BCUT2D eigenvalue weighted by Crippen LogP contribution is -2.15. The molecule has 0 aliphatic carbocycles. The predicted octanol–water partition coefficient (Wildman–Crippen LogP) is 2.01. The Balaban J connectivity index is 3.23. The zero-order valence-electron chi connectivity index (χ0n) is 7.43. The van der Waals surface area contributed by atoms with Crippen LogP contribution in [0.4, 0.5) is 5.82 Å². The molecule has 0 spiro atoms. The van der Waals surface area contributed by atoms with Gasteiger partial charge in [0.2, 0.25) is 0 Å². The number of rotatable bonds is 0. The van der Waals surface area contributed by atoms with Crippen molar-refractivity contribution >= 4 is 17.4 Å². The van der Waals surface area contributed by atoms with Gasteiger partial charge in [0.25, 0.3) is 0 Å². The summed E-state index contributed by atoms with van der Waals surface area (Å²) in [6.07, 6.45) is 0. The highest BCUT2D eigenvalue weighted by Crippen LogP contribution is 2.27. The number of hydrogen-bond donors (Lipinski definition) is 1. The van der Waals surface area contributed by atoms with Crippen LogP contribution in [0, 0.1) is 0 Å². The van der Waals surface area contributed by atoms with Gasteiger partial charge in [0.05, 0.1) is 0 Å². The summed E-state index contributed by atoms with van der Waals surface area (Å²) in [5, 5.41) is 7.77. The molecule has 0 amide bonds. The summed E-state index contributed by atoms with van der Waals surface area (Å²) in [5.41, 5.74) is 6.54. The molecule has 66 valence electrons. The molecule has 3 nitrogen and oxygen atoms in total. The molecule has 0 saturated heterocycles. The van der Waals surface area contributed by atoms with Gasteiger partial charge in [-0.05, 0) is 11.5 Å². The maximum absolute atomic E-state index is 5.69. The van der Waals surface area contributed by atoms with E-state index in [0.717, 1.165) is 5.56 Å². The Hall–Kier alpha value is -0.830. The first-order chi connectivity index (χ1) is 5.41. The smallest absolute Gasteiger partial charge is 0.152 e. The number of aromatic nitrogens is 2. The van der Waals surface area contributed by atoms with Crippen molar-refractivity contribution in [2.75, 3.05) is 5.73 Å². The largest absolute Gasteiger partial charge is 0.382 e. The number of nitrogens with zero attached hydrogens (tertiary/aromatic N) is 2. The van der Waals surface area contributed by atoms with Crippen molar-refractivity contribution in [2.24, 2.45) is 0 Å². The Morgan fingerprint density at radius 2 is 1.92 bits per heavy atom. The van der Waals surface area contributed by atoms with Crippen LogP contribution in [-0.4, -0.2) is 10.2 Å². The fourth-order valence-electron chi connectivity index (χ4n) is 0.978. The first kappa shape index (κ1) is 9.26. The molecular weight excluding hydrogens is 174 g/mol. The van der Waals surface area contributed by atoms with Gasteiger partial charge in [0.1, 0.15) is 5.82 Å². The summed E-state index contributed by atoms with van der Waals surface area (Å²) in [6, 6.07) is 1.75. The molecule has 0 aliphatic heterocycles. The van der Waals surface area contributed by atoms with Gasteiger partial charge in [-0.15, -0.1) is 10.2 Å². The molecule has 0 unspecified atom stereocenters. The summed E-state index contributed by atoms with van der Waals surface area (Å²) in [5.74, 6) is 0.451. The molecule has 12 heavy (non-hydrogen) atoms. The molecule has 0 saturated carbocycles. The minimum Gasteiger partial charge on any atom is -0.382 e. The second kappa shape index (κ2) is 2.90. The second-order valence-electron chi connectivity index (χ2n) is 3.72. The van der Waals surface area contributed by atoms with E-state index >= 15 is 0 Å². The highest BCUT2D eigenvalue weighted by molar-refractivity contribution is 6.29. The summed E-state index contributed by atoms with van der Waals surface area (Å²) in [6.45, 7) is 6.16. The van der Waals surface area contributed by atoms with E-state index in [9.17, 15) is 0 Å².